The summed E-state index contributed by atoms with van der Waals surface area (Å²) in [5.41, 5.74) is 9.63. The molecule has 1 N–H and O–H groups in total. The van der Waals surface area contributed by atoms with E-state index in [2.05, 4.69) is 175 Å². The van der Waals surface area contributed by atoms with Crippen LogP contribution in [-0.2, 0) is 0 Å². The molecule has 0 spiro atoms. The second kappa shape index (κ2) is 11.0. The topological polar surface area (TPSA) is 12.0 Å². The molecule has 9 aromatic rings. The van der Waals surface area contributed by atoms with Gasteiger partial charge in [-0.1, -0.05) is 140 Å². The van der Waals surface area contributed by atoms with Crippen LogP contribution in [0.4, 0.5) is 11.4 Å². The van der Waals surface area contributed by atoms with Gasteiger partial charge < -0.3 is 5.32 Å². The largest absolute Gasteiger partial charge is 0.355 e. The first-order chi connectivity index (χ1) is 22.8. The molecule has 46 heavy (non-hydrogen) atoms. The first kappa shape index (κ1) is 26.7. The Morgan fingerprint density at radius 3 is 1.52 bits per heavy atom. The van der Waals surface area contributed by atoms with Crippen LogP contribution in [0.25, 0.3) is 75.1 Å². The van der Waals surface area contributed by atoms with Crippen molar-refractivity contribution in [1.82, 2.24) is 0 Å². The molecule has 0 saturated heterocycles. The average molecular weight is 604 g/mol. The Morgan fingerprint density at radius 2 is 0.848 bits per heavy atom. The lowest BCUT2D eigenvalue weighted by molar-refractivity contribution is 1.54. The summed E-state index contributed by atoms with van der Waals surface area (Å²) in [6.07, 6.45) is 0. The van der Waals surface area contributed by atoms with Gasteiger partial charge >= 0.3 is 0 Å². The van der Waals surface area contributed by atoms with Gasteiger partial charge in [0.25, 0.3) is 0 Å². The maximum absolute atomic E-state index is 3.76. The van der Waals surface area contributed by atoms with E-state index in [0.29, 0.717) is 0 Å². The van der Waals surface area contributed by atoms with Gasteiger partial charge in [0.05, 0.1) is 0 Å². The highest BCUT2D eigenvalue weighted by molar-refractivity contribution is 7.25. The van der Waals surface area contributed by atoms with Crippen molar-refractivity contribution in [3.05, 3.63) is 170 Å². The lowest BCUT2D eigenvalue weighted by atomic mass is 9.86. The Bertz CT molecular complexity index is 2480. The van der Waals surface area contributed by atoms with Crippen LogP contribution in [0.5, 0.6) is 0 Å². The van der Waals surface area contributed by atoms with Gasteiger partial charge in [-0.2, -0.15) is 0 Å². The van der Waals surface area contributed by atoms with Crippen LogP contribution in [0.15, 0.2) is 170 Å². The van der Waals surface area contributed by atoms with E-state index in [1.165, 1.54) is 75.1 Å². The predicted molar refractivity (Wildman–Crippen MR) is 200 cm³/mol. The zero-order chi connectivity index (χ0) is 30.5. The van der Waals surface area contributed by atoms with Crippen molar-refractivity contribution in [2.24, 2.45) is 0 Å². The molecule has 0 bridgehead atoms. The highest BCUT2D eigenvalue weighted by Crippen LogP contribution is 2.45. The van der Waals surface area contributed by atoms with Crippen LogP contribution in [0.2, 0.25) is 0 Å². The minimum atomic E-state index is 1.06. The van der Waals surface area contributed by atoms with E-state index < -0.39 is 0 Å². The lowest BCUT2D eigenvalue weighted by Crippen LogP contribution is -1.94. The third kappa shape index (κ3) is 4.38. The van der Waals surface area contributed by atoms with Crippen molar-refractivity contribution in [2.45, 2.75) is 0 Å². The summed E-state index contributed by atoms with van der Waals surface area (Å²) in [6.45, 7) is 0. The Labute approximate surface area is 272 Å². The van der Waals surface area contributed by atoms with E-state index in [1.807, 2.05) is 11.3 Å². The molecule has 0 radical (unpaired) electrons. The number of hydrogen-bond donors (Lipinski definition) is 1. The second-order valence-corrected chi connectivity index (χ2v) is 12.8. The zero-order valence-electron chi connectivity index (χ0n) is 25.1. The summed E-state index contributed by atoms with van der Waals surface area (Å²) in [6, 6.07) is 61.4. The highest BCUT2D eigenvalue weighted by atomic mass is 32.1. The van der Waals surface area contributed by atoms with Crippen molar-refractivity contribution < 1.29 is 0 Å². The number of nitrogens with one attached hydrogen (secondary N) is 1. The lowest BCUT2D eigenvalue weighted by Gasteiger charge is -2.18. The van der Waals surface area contributed by atoms with Gasteiger partial charge in [0.2, 0.25) is 0 Å². The molecule has 8 aromatic carbocycles. The molecular formula is C44H29NS. The quantitative estimate of drug-likeness (QED) is 0.193. The molecule has 1 heterocycles. The predicted octanol–water partition coefficient (Wildman–Crippen LogP) is 13.1. The van der Waals surface area contributed by atoms with E-state index in [1.54, 1.807) is 0 Å². The molecule has 1 aromatic heterocycles. The minimum absolute atomic E-state index is 1.06. The zero-order valence-corrected chi connectivity index (χ0v) is 25.9. The van der Waals surface area contributed by atoms with Crippen molar-refractivity contribution in [3.8, 4) is 33.4 Å². The molecule has 0 amide bonds. The van der Waals surface area contributed by atoms with Crippen molar-refractivity contribution >= 4 is 64.4 Å². The second-order valence-electron chi connectivity index (χ2n) is 11.7. The Balaban J connectivity index is 1.15. The maximum atomic E-state index is 3.76. The Kier molecular flexibility index (Phi) is 6.40. The smallest absolute Gasteiger partial charge is 0.0464 e. The molecule has 9 rings (SSSR count). The molecule has 0 aliphatic rings. The first-order valence-electron chi connectivity index (χ1n) is 15.7. The number of para-hydroxylation sites is 1. The fourth-order valence-corrected chi connectivity index (χ4v) is 8.19. The number of hydrogen-bond acceptors (Lipinski definition) is 2. The molecule has 0 saturated carbocycles. The van der Waals surface area contributed by atoms with Gasteiger partial charge in [0.15, 0.2) is 0 Å². The Morgan fingerprint density at radius 1 is 0.348 bits per heavy atom. The van der Waals surface area contributed by atoms with Gasteiger partial charge in [-0.15, -0.1) is 11.3 Å². The van der Waals surface area contributed by atoms with Crippen LogP contribution in [0, 0.1) is 0 Å². The molecule has 0 aliphatic heterocycles. The van der Waals surface area contributed by atoms with Crippen LogP contribution in [0.1, 0.15) is 0 Å². The fraction of sp³-hybridized carbons (Fsp3) is 0. The van der Waals surface area contributed by atoms with Crippen LogP contribution < -0.4 is 5.32 Å². The number of rotatable bonds is 5. The van der Waals surface area contributed by atoms with Gasteiger partial charge in [0, 0.05) is 37.1 Å². The SMILES string of the molecule is c1ccc(-c2c3ccccc3c(-c3ccc(Nc4ccccc4-c4cccc5sc6ccccc6c45)cc3)c3ccccc23)cc1. The summed E-state index contributed by atoms with van der Waals surface area (Å²) in [7, 11) is 0. The minimum Gasteiger partial charge on any atom is -0.355 e. The van der Waals surface area contributed by atoms with Crippen LogP contribution >= 0.6 is 11.3 Å². The van der Waals surface area contributed by atoms with E-state index >= 15 is 0 Å². The summed E-state index contributed by atoms with van der Waals surface area (Å²) >= 11 is 1.86. The average Bonchev–Trinajstić information content (AvgIpc) is 3.51. The van der Waals surface area contributed by atoms with E-state index in [0.717, 1.165) is 11.4 Å². The van der Waals surface area contributed by atoms with Crippen LogP contribution in [-0.4, -0.2) is 0 Å². The van der Waals surface area contributed by atoms with E-state index in [-0.39, 0.29) is 0 Å². The molecule has 1 nitrogen and oxygen atoms in total. The Hall–Kier alpha value is -5.70. The highest BCUT2D eigenvalue weighted by Gasteiger charge is 2.17. The molecule has 0 unspecified atom stereocenters. The summed E-state index contributed by atoms with van der Waals surface area (Å²) in [4.78, 5) is 0. The molecular weight excluding hydrogens is 575 g/mol. The van der Waals surface area contributed by atoms with Gasteiger partial charge in [0.1, 0.15) is 0 Å². The normalized spacial score (nSPS) is 11.5. The van der Waals surface area contributed by atoms with E-state index in [4.69, 9.17) is 0 Å². The maximum Gasteiger partial charge on any atom is 0.0464 e. The molecule has 0 aliphatic carbocycles. The van der Waals surface area contributed by atoms with E-state index in [9.17, 15) is 0 Å². The van der Waals surface area contributed by atoms with Crippen LogP contribution in [0.3, 0.4) is 0 Å². The van der Waals surface area contributed by atoms with Gasteiger partial charge in [-0.05, 0) is 79.7 Å². The molecule has 2 heteroatoms. The third-order valence-electron chi connectivity index (χ3n) is 9.07. The van der Waals surface area contributed by atoms with Gasteiger partial charge in [-0.3, -0.25) is 0 Å². The summed E-state index contributed by atoms with van der Waals surface area (Å²) in [5.74, 6) is 0. The molecule has 0 fully saturated rings. The van der Waals surface area contributed by atoms with Gasteiger partial charge in [-0.25, -0.2) is 0 Å². The number of anilines is 2. The van der Waals surface area contributed by atoms with Crippen molar-refractivity contribution in [1.29, 1.82) is 0 Å². The first-order valence-corrected chi connectivity index (χ1v) is 16.5. The van der Waals surface area contributed by atoms with Crippen molar-refractivity contribution in [3.63, 3.8) is 0 Å². The summed E-state index contributed by atoms with van der Waals surface area (Å²) in [5, 5.41) is 11.5. The number of thiophene rings is 1. The molecule has 0 atom stereocenters. The fourth-order valence-electron chi connectivity index (χ4n) is 7.06. The third-order valence-corrected chi connectivity index (χ3v) is 10.2. The molecule has 216 valence electrons. The standard InChI is InChI=1S/C44H29NS/c1-2-13-29(14-3-1)42-34-16-4-6-18-36(34)43(37-19-7-5-17-35(37)42)30-25-27-31(28-26-30)45-39-22-10-8-15-32(39)33-21-12-24-41-44(33)38-20-9-11-23-40(38)46-41/h1-28,45H. The number of benzene rings is 8. The number of fused-ring (bicyclic) bond motifs is 5. The summed E-state index contributed by atoms with van der Waals surface area (Å²) < 4.78 is 2.64. The monoisotopic (exact) mass is 603 g/mol. The van der Waals surface area contributed by atoms with Crippen molar-refractivity contribution in [2.75, 3.05) is 5.32 Å².